The van der Waals surface area contributed by atoms with Gasteiger partial charge in [0.25, 0.3) is 11.8 Å². The molecule has 0 atom stereocenters. The molecule has 0 radical (unpaired) electrons. The number of carbonyl (C=O) groups is 5. The third kappa shape index (κ3) is 6.20. The minimum Gasteiger partial charge on any atom is -0.483 e. The monoisotopic (exact) mass is 498 g/mol. The van der Waals surface area contributed by atoms with Crippen molar-refractivity contribution in [3.63, 3.8) is 0 Å². The second-order valence-electron chi connectivity index (χ2n) is 6.19. The van der Waals surface area contributed by atoms with Crippen molar-refractivity contribution in [2.45, 2.75) is 6.42 Å². The Kier molecular flexibility index (Phi) is 8.77. The summed E-state index contributed by atoms with van der Waals surface area (Å²) in [6.45, 7) is -0.583. The van der Waals surface area contributed by atoms with Gasteiger partial charge in [0, 0.05) is 10.6 Å². The Labute approximate surface area is 196 Å². The van der Waals surface area contributed by atoms with Crippen molar-refractivity contribution in [3.05, 3.63) is 44.8 Å². The first-order valence-corrected chi connectivity index (χ1v) is 10.2. The van der Waals surface area contributed by atoms with E-state index in [1.54, 1.807) is 0 Å². The Morgan fingerprint density at radius 3 is 2.27 bits per heavy atom. The van der Waals surface area contributed by atoms with Gasteiger partial charge >= 0.3 is 17.9 Å². The van der Waals surface area contributed by atoms with Crippen LogP contribution >= 0.6 is 22.9 Å². The average molecular weight is 499 g/mol. The van der Waals surface area contributed by atoms with E-state index >= 15 is 0 Å². The fourth-order valence-corrected chi connectivity index (χ4v) is 3.95. The third-order valence-corrected chi connectivity index (χ3v) is 5.50. The van der Waals surface area contributed by atoms with Crippen molar-refractivity contribution in [3.8, 4) is 5.75 Å². The van der Waals surface area contributed by atoms with E-state index in [1.807, 2.05) is 0 Å². The van der Waals surface area contributed by atoms with Crippen LogP contribution in [0.2, 0.25) is 5.02 Å². The maximum absolute atomic E-state index is 12.5. The lowest BCUT2D eigenvalue weighted by Gasteiger charge is -2.11. The Bertz CT molecular complexity index is 1110. The molecule has 0 fully saturated rings. The van der Waals surface area contributed by atoms with E-state index in [4.69, 9.17) is 31.5 Å². The van der Waals surface area contributed by atoms with Crippen molar-refractivity contribution in [2.75, 3.05) is 33.3 Å². The lowest BCUT2D eigenvalue weighted by molar-refractivity contribution is -0.139. The molecule has 176 valence electrons. The Hall–Kier alpha value is -3.64. The number of amides is 2. The van der Waals surface area contributed by atoms with Crippen LogP contribution in [0.25, 0.3) is 0 Å². The molecule has 1 aromatic carbocycles. The molecule has 0 aliphatic heterocycles. The van der Waals surface area contributed by atoms with Crippen LogP contribution in [0, 0.1) is 0 Å². The number of hydrogen-bond donors (Lipinski definition) is 2. The number of nitrogens with two attached hydrogens (primary N) is 1. The number of thiophene rings is 1. The second-order valence-corrected chi connectivity index (χ2v) is 7.65. The molecule has 2 rings (SSSR count). The predicted molar refractivity (Wildman–Crippen MR) is 117 cm³/mol. The number of ether oxygens (including phenoxy) is 4. The molecule has 0 spiro atoms. The predicted octanol–water partition coefficient (Wildman–Crippen LogP) is 1.81. The van der Waals surface area contributed by atoms with Crippen molar-refractivity contribution in [1.29, 1.82) is 0 Å². The fraction of sp³-hybridized carbons (Fsp3) is 0.250. The summed E-state index contributed by atoms with van der Waals surface area (Å²) >= 11 is 6.55. The summed E-state index contributed by atoms with van der Waals surface area (Å²) < 4.78 is 19.4. The summed E-state index contributed by atoms with van der Waals surface area (Å²) in [6.07, 6.45) is -0.443. The summed E-state index contributed by atoms with van der Waals surface area (Å²) in [5.74, 6) is -3.99. The molecule has 0 aliphatic rings. The summed E-state index contributed by atoms with van der Waals surface area (Å²) in [5, 5.41) is 2.62. The maximum Gasteiger partial charge on any atom is 0.348 e. The molecular formula is C20H19ClN2O9S. The number of methoxy groups -OCH3 is 3. The first kappa shape index (κ1) is 25.6. The van der Waals surface area contributed by atoms with Crippen LogP contribution in [0.1, 0.15) is 36.0 Å². The number of rotatable bonds is 9. The molecule has 0 bridgehead atoms. The Balaban J connectivity index is 2.35. The number of esters is 3. The van der Waals surface area contributed by atoms with Gasteiger partial charge in [0.05, 0.1) is 38.9 Å². The Morgan fingerprint density at radius 2 is 1.70 bits per heavy atom. The molecule has 1 heterocycles. The van der Waals surface area contributed by atoms with Crippen LogP contribution in [0.15, 0.2) is 18.2 Å². The normalized spacial score (nSPS) is 10.2. The molecule has 2 aromatic rings. The molecule has 0 saturated heterocycles. The first-order chi connectivity index (χ1) is 15.6. The molecule has 0 saturated carbocycles. The summed E-state index contributed by atoms with van der Waals surface area (Å²) in [6, 6.07) is 4.09. The highest BCUT2D eigenvalue weighted by molar-refractivity contribution is 7.18. The van der Waals surface area contributed by atoms with Crippen molar-refractivity contribution >= 4 is 57.7 Å². The quantitative estimate of drug-likeness (QED) is 0.388. The van der Waals surface area contributed by atoms with Gasteiger partial charge in [-0.05, 0) is 18.2 Å². The highest BCUT2D eigenvalue weighted by Gasteiger charge is 2.30. The van der Waals surface area contributed by atoms with E-state index in [0.29, 0.717) is 11.3 Å². The number of nitrogens with one attached hydrogen (secondary N) is 1. The fourth-order valence-electron chi connectivity index (χ4n) is 2.64. The Morgan fingerprint density at radius 1 is 1.03 bits per heavy atom. The van der Waals surface area contributed by atoms with Gasteiger partial charge < -0.3 is 30.0 Å². The van der Waals surface area contributed by atoms with Crippen LogP contribution < -0.4 is 15.8 Å². The average Bonchev–Trinajstić information content (AvgIpc) is 3.14. The summed E-state index contributed by atoms with van der Waals surface area (Å²) in [4.78, 5) is 60.4. The number of halogens is 1. The SMILES string of the molecule is COC(=O)Cc1c(C(=O)OC)sc(NC(=O)COc2ccc(Cl)cc2C(N)=O)c1C(=O)OC. The van der Waals surface area contributed by atoms with Gasteiger partial charge in [-0.2, -0.15) is 0 Å². The molecule has 33 heavy (non-hydrogen) atoms. The largest absolute Gasteiger partial charge is 0.483 e. The number of hydrogen-bond acceptors (Lipinski definition) is 10. The highest BCUT2D eigenvalue weighted by Crippen LogP contribution is 2.35. The van der Waals surface area contributed by atoms with E-state index in [1.165, 1.54) is 18.2 Å². The summed E-state index contributed by atoms with van der Waals surface area (Å²) in [7, 11) is 3.36. The molecule has 0 unspecified atom stereocenters. The lowest BCUT2D eigenvalue weighted by atomic mass is 10.1. The van der Waals surface area contributed by atoms with E-state index in [0.717, 1.165) is 21.3 Å². The van der Waals surface area contributed by atoms with Crippen molar-refractivity contribution in [1.82, 2.24) is 0 Å². The van der Waals surface area contributed by atoms with Gasteiger partial charge in [-0.15, -0.1) is 11.3 Å². The maximum atomic E-state index is 12.5. The molecule has 13 heteroatoms. The second kappa shape index (κ2) is 11.3. The molecular weight excluding hydrogens is 480 g/mol. The lowest BCUT2D eigenvalue weighted by Crippen LogP contribution is -2.22. The smallest absolute Gasteiger partial charge is 0.348 e. The number of anilines is 1. The number of benzene rings is 1. The number of carbonyl (C=O) groups excluding carboxylic acids is 5. The van der Waals surface area contributed by atoms with Crippen LogP contribution in [0.3, 0.4) is 0 Å². The standard InChI is InChI=1S/C20H19ClN2O9S/c1-29-14(25)7-11-15(19(27)30-2)18(33-16(11)20(28)31-3)23-13(24)8-32-12-5-4-9(21)6-10(12)17(22)26/h4-6H,7-8H2,1-3H3,(H2,22,26)(H,23,24). The van der Waals surface area contributed by atoms with Crippen molar-refractivity contribution < 1.29 is 42.9 Å². The minimum absolute atomic E-state index is 0.0167. The van der Waals surface area contributed by atoms with Gasteiger partial charge in [0.15, 0.2) is 6.61 Å². The van der Waals surface area contributed by atoms with Gasteiger partial charge in [-0.3, -0.25) is 14.4 Å². The van der Waals surface area contributed by atoms with Gasteiger partial charge in [-0.1, -0.05) is 11.6 Å². The van der Waals surface area contributed by atoms with E-state index in [9.17, 15) is 24.0 Å². The zero-order chi connectivity index (χ0) is 24.7. The highest BCUT2D eigenvalue weighted by atomic mass is 35.5. The molecule has 2 amide bonds. The van der Waals surface area contributed by atoms with Crippen LogP contribution in [-0.2, 0) is 30.2 Å². The van der Waals surface area contributed by atoms with Crippen LogP contribution in [0.4, 0.5) is 5.00 Å². The van der Waals surface area contributed by atoms with Gasteiger partial charge in [-0.25, -0.2) is 9.59 Å². The van der Waals surface area contributed by atoms with Crippen LogP contribution in [-0.4, -0.2) is 57.7 Å². The van der Waals surface area contributed by atoms with E-state index < -0.39 is 42.7 Å². The molecule has 1 aromatic heterocycles. The topological polar surface area (TPSA) is 160 Å². The van der Waals surface area contributed by atoms with Gasteiger partial charge in [0.2, 0.25) is 0 Å². The first-order valence-electron chi connectivity index (χ1n) is 9.04. The molecule has 3 N–H and O–H groups in total. The van der Waals surface area contributed by atoms with E-state index in [2.05, 4.69) is 10.1 Å². The van der Waals surface area contributed by atoms with Crippen LogP contribution in [0.5, 0.6) is 5.75 Å². The van der Waals surface area contributed by atoms with Gasteiger partial charge in [0.1, 0.15) is 15.6 Å². The summed E-state index contributed by atoms with van der Waals surface area (Å²) in [5.41, 5.74) is 5.03. The number of primary amides is 1. The minimum atomic E-state index is -0.898. The third-order valence-electron chi connectivity index (χ3n) is 4.13. The van der Waals surface area contributed by atoms with E-state index in [-0.39, 0.29) is 37.3 Å². The molecule has 0 aliphatic carbocycles. The zero-order valence-corrected chi connectivity index (χ0v) is 19.3. The zero-order valence-electron chi connectivity index (χ0n) is 17.7. The molecule has 11 nitrogen and oxygen atoms in total. The van der Waals surface area contributed by atoms with Crippen molar-refractivity contribution in [2.24, 2.45) is 5.73 Å².